The van der Waals surface area contributed by atoms with Crippen LogP contribution in [0.15, 0.2) is 60.7 Å². The number of nitrogens with zero attached hydrogens (tertiary/aromatic N) is 1. The Labute approximate surface area is 214 Å². The minimum absolute atomic E-state index is 0.0376. The predicted octanol–water partition coefficient (Wildman–Crippen LogP) is 6.13. The van der Waals surface area contributed by atoms with Crippen LogP contribution in [0.4, 0.5) is 13.6 Å². The Balaban J connectivity index is 1.22. The molecule has 7 heteroatoms. The third-order valence-corrected chi connectivity index (χ3v) is 8.30. The molecule has 3 aliphatic rings. The maximum atomic E-state index is 14.1. The fourth-order valence-corrected chi connectivity index (χ4v) is 6.68. The average Bonchev–Trinajstić information content (AvgIpc) is 3.21. The van der Waals surface area contributed by atoms with E-state index in [2.05, 4.69) is 24.3 Å². The van der Waals surface area contributed by atoms with Crippen molar-refractivity contribution in [3.05, 3.63) is 89.0 Å². The summed E-state index contributed by atoms with van der Waals surface area (Å²) in [6.07, 6.45) is 2.35. The van der Waals surface area contributed by atoms with Crippen molar-refractivity contribution < 1.29 is 28.2 Å². The van der Waals surface area contributed by atoms with E-state index in [1.807, 2.05) is 24.3 Å². The van der Waals surface area contributed by atoms with Crippen LogP contribution in [-0.2, 0) is 10.3 Å². The molecule has 2 heterocycles. The highest BCUT2D eigenvalue weighted by molar-refractivity contribution is 5.79. The van der Waals surface area contributed by atoms with Gasteiger partial charge >= 0.3 is 6.09 Å². The fourth-order valence-electron chi connectivity index (χ4n) is 6.68. The molecule has 0 radical (unpaired) electrons. The number of halogens is 2. The molecule has 2 fully saturated rings. The summed E-state index contributed by atoms with van der Waals surface area (Å²) in [5.41, 5.74) is 3.41. The first kappa shape index (κ1) is 23.9. The van der Waals surface area contributed by atoms with Crippen molar-refractivity contribution in [1.82, 2.24) is 4.90 Å². The number of amides is 1. The molecule has 2 unspecified atom stereocenters. The van der Waals surface area contributed by atoms with Crippen LogP contribution in [-0.4, -0.2) is 41.9 Å². The standard InChI is InChI=1S/C30H29F2NO4/c1-36-28-14-27(32)26(31)13-25(28)30(35)15-18-7-6-8-19(16-30)33(18)29(34)37-17-24-22-11-4-2-9-20(22)21-10-3-5-12-23(21)24/h2-5,9-14,18-19,24,35H,6-8,15-17H2,1H3. The van der Waals surface area contributed by atoms with E-state index >= 15 is 0 Å². The van der Waals surface area contributed by atoms with Crippen molar-refractivity contribution in [2.24, 2.45) is 0 Å². The third kappa shape index (κ3) is 3.96. The first-order valence-electron chi connectivity index (χ1n) is 12.8. The van der Waals surface area contributed by atoms with Crippen LogP contribution < -0.4 is 4.74 Å². The van der Waals surface area contributed by atoms with Crippen molar-refractivity contribution in [2.75, 3.05) is 13.7 Å². The summed E-state index contributed by atoms with van der Waals surface area (Å²) in [5.74, 6) is -1.99. The van der Waals surface area contributed by atoms with Gasteiger partial charge in [0.25, 0.3) is 0 Å². The number of benzene rings is 3. The molecule has 2 aliphatic heterocycles. The summed E-state index contributed by atoms with van der Waals surface area (Å²) in [4.78, 5) is 15.2. The summed E-state index contributed by atoms with van der Waals surface area (Å²) >= 11 is 0. The summed E-state index contributed by atoms with van der Waals surface area (Å²) < 4.78 is 39.2. The Morgan fingerprint density at radius 3 is 2.14 bits per heavy atom. The molecule has 2 bridgehead atoms. The number of carbonyl (C=O) groups is 1. The Kier molecular flexibility index (Phi) is 5.91. The predicted molar refractivity (Wildman–Crippen MR) is 134 cm³/mol. The SMILES string of the molecule is COc1cc(F)c(F)cc1C1(O)CC2CCCC(C1)N2C(=O)OCC1c2ccccc2-c2ccccc21. The van der Waals surface area contributed by atoms with Crippen LogP contribution in [0, 0.1) is 11.6 Å². The van der Waals surface area contributed by atoms with Crippen molar-refractivity contribution in [3.63, 3.8) is 0 Å². The average molecular weight is 506 g/mol. The molecule has 1 N–H and O–H groups in total. The number of piperidine rings is 2. The molecule has 1 aliphatic carbocycles. The highest BCUT2D eigenvalue weighted by Gasteiger charge is 2.50. The largest absolute Gasteiger partial charge is 0.496 e. The van der Waals surface area contributed by atoms with Crippen LogP contribution in [0.25, 0.3) is 11.1 Å². The van der Waals surface area contributed by atoms with Gasteiger partial charge in [0.2, 0.25) is 0 Å². The smallest absolute Gasteiger partial charge is 0.410 e. The highest BCUT2D eigenvalue weighted by atomic mass is 19.2. The molecule has 6 rings (SSSR count). The lowest BCUT2D eigenvalue weighted by Crippen LogP contribution is -2.59. The summed E-state index contributed by atoms with van der Waals surface area (Å²) in [5, 5.41) is 11.6. The van der Waals surface area contributed by atoms with E-state index in [0.29, 0.717) is 12.8 Å². The number of ether oxygens (including phenoxy) is 2. The zero-order valence-corrected chi connectivity index (χ0v) is 20.6. The topological polar surface area (TPSA) is 59.0 Å². The normalized spacial score (nSPS) is 24.4. The number of fused-ring (bicyclic) bond motifs is 5. The van der Waals surface area contributed by atoms with Crippen LogP contribution in [0.2, 0.25) is 0 Å². The van der Waals surface area contributed by atoms with Crippen LogP contribution in [0.5, 0.6) is 5.75 Å². The quantitative estimate of drug-likeness (QED) is 0.464. The second-order valence-electron chi connectivity index (χ2n) is 10.4. The van der Waals surface area contributed by atoms with Crippen LogP contribution in [0.3, 0.4) is 0 Å². The second kappa shape index (κ2) is 9.14. The number of hydrogen-bond donors (Lipinski definition) is 1. The molecule has 0 aromatic heterocycles. The van der Waals surface area contributed by atoms with Gasteiger partial charge < -0.3 is 19.5 Å². The lowest BCUT2D eigenvalue weighted by molar-refractivity contribution is -0.0900. The molecule has 192 valence electrons. The Morgan fingerprint density at radius 1 is 0.973 bits per heavy atom. The fraction of sp³-hybridized carbons (Fsp3) is 0.367. The first-order chi connectivity index (χ1) is 17.9. The van der Waals surface area contributed by atoms with E-state index in [4.69, 9.17) is 9.47 Å². The monoisotopic (exact) mass is 505 g/mol. The van der Waals surface area contributed by atoms with E-state index in [1.165, 1.54) is 18.2 Å². The summed E-state index contributed by atoms with van der Waals surface area (Å²) in [6.45, 7) is 0.226. The van der Waals surface area contributed by atoms with Gasteiger partial charge in [0.05, 0.1) is 12.7 Å². The lowest BCUT2D eigenvalue weighted by atomic mass is 9.72. The summed E-state index contributed by atoms with van der Waals surface area (Å²) in [6, 6.07) is 17.8. The number of methoxy groups -OCH3 is 1. The van der Waals surface area contributed by atoms with Gasteiger partial charge in [-0.1, -0.05) is 48.5 Å². The molecule has 37 heavy (non-hydrogen) atoms. The maximum Gasteiger partial charge on any atom is 0.410 e. The van der Waals surface area contributed by atoms with Gasteiger partial charge in [-0.25, -0.2) is 13.6 Å². The number of rotatable bonds is 4. The van der Waals surface area contributed by atoms with E-state index in [-0.39, 0.29) is 48.8 Å². The molecular formula is C30H29F2NO4. The van der Waals surface area contributed by atoms with E-state index < -0.39 is 23.3 Å². The maximum absolute atomic E-state index is 14.1. The van der Waals surface area contributed by atoms with Gasteiger partial charge in [-0.05, 0) is 47.6 Å². The molecule has 2 atom stereocenters. The van der Waals surface area contributed by atoms with Crippen LogP contribution >= 0.6 is 0 Å². The van der Waals surface area contributed by atoms with Crippen molar-refractivity contribution in [3.8, 4) is 16.9 Å². The van der Waals surface area contributed by atoms with E-state index in [0.717, 1.165) is 29.7 Å². The van der Waals surface area contributed by atoms with Gasteiger partial charge in [0.15, 0.2) is 11.6 Å². The highest BCUT2D eigenvalue weighted by Crippen LogP contribution is 2.48. The Morgan fingerprint density at radius 2 is 1.54 bits per heavy atom. The third-order valence-electron chi connectivity index (χ3n) is 8.30. The van der Waals surface area contributed by atoms with Crippen molar-refractivity contribution >= 4 is 6.09 Å². The number of carbonyl (C=O) groups excluding carboxylic acids is 1. The summed E-state index contributed by atoms with van der Waals surface area (Å²) in [7, 11) is 1.37. The Bertz CT molecular complexity index is 1300. The zero-order valence-electron chi connectivity index (χ0n) is 20.6. The molecular weight excluding hydrogens is 476 g/mol. The molecule has 3 aromatic carbocycles. The van der Waals surface area contributed by atoms with Gasteiger partial charge in [-0.3, -0.25) is 0 Å². The molecule has 3 aromatic rings. The van der Waals surface area contributed by atoms with E-state index in [9.17, 15) is 18.7 Å². The molecule has 5 nitrogen and oxygen atoms in total. The van der Waals surface area contributed by atoms with Crippen molar-refractivity contribution in [1.29, 1.82) is 0 Å². The Hall–Kier alpha value is -3.45. The van der Waals surface area contributed by atoms with Crippen molar-refractivity contribution in [2.45, 2.75) is 55.7 Å². The van der Waals surface area contributed by atoms with Gasteiger partial charge in [-0.15, -0.1) is 0 Å². The minimum Gasteiger partial charge on any atom is -0.496 e. The zero-order chi connectivity index (χ0) is 25.7. The van der Waals surface area contributed by atoms with Gasteiger partial charge in [0, 0.05) is 42.5 Å². The number of aliphatic hydroxyl groups is 1. The second-order valence-corrected chi connectivity index (χ2v) is 10.4. The minimum atomic E-state index is -1.43. The number of hydrogen-bond acceptors (Lipinski definition) is 4. The van der Waals surface area contributed by atoms with Crippen LogP contribution in [0.1, 0.15) is 54.7 Å². The molecule has 2 saturated heterocycles. The molecule has 0 spiro atoms. The molecule has 1 amide bonds. The van der Waals surface area contributed by atoms with E-state index in [1.54, 1.807) is 4.90 Å². The van der Waals surface area contributed by atoms with Gasteiger partial charge in [0.1, 0.15) is 12.4 Å². The molecule has 0 saturated carbocycles. The first-order valence-corrected chi connectivity index (χ1v) is 12.8. The lowest BCUT2D eigenvalue weighted by Gasteiger charge is -2.51. The van der Waals surface area contributed by atoms with Gasteiger partial charge in [-0.2, -0.15) is 0 Å².